The summed E-state index contributed by atoms with van der Waals surface area (Å²) in [5, 5.41) is 15.5. The van der Waals surface area contributed by atoms with E-state index in [1.54, 1.807) is 24.3 Å². The minimum absolute atomic E-state index is 0.0431. The summed E-state index contributed by atoms with van der Waals surface area (Å²) in [5.41, 5.74) is 0.761. The van der Waals surface area contributed by atoms with Gasteiger partial charge >= 0.3 is 0 Å². The summed E-state index contributed by atoms with van der Waals surface area (Å²) in [4.78, 5) is 23.8. The average Bonchev–Trinajstić information content (AvgIpc) is 2.68. The lowest BCUT2D eigenvalue weighted by Gasteiger charge is -2.13. The van der Waals surface area contributed by atoms with Crippen LogP contribution in [0.15, 0.2) is 54.7 Å². The molecule has 154 valence electrons. The van der Waals surface area contributed by atoms with Crippen molar-refractivity contribution in [1.29, 1.82) is 0 Å². The van der Waals surface area contributed by atoms with Crippen LogP contribution in [0.25, 0.3) is 0 Å². The van der Waals surface area contributed by atoms with Gasteiger partial charge in [0.1, 0.15) is 11.6 Å². The second-order valence-corrected chi connectivity index (χ2v) is 6.86. The highest BCUT2D eigenvalue weighted by molar-refractivity contribution is 6.30. The van der Waals surface area contributed by atoms with E-state index in [4.69, 9.17) is 27.9 Å². The molecule has 0 saturated carbocycles. The quantitative estimate of drug-likeness (QED) is 0.557. The van der Waals surface area contributed by atoms with Gasteiger partial charge in [-0.1, -0.05) is 41.9 Å². The van der Waals surface area contributed by atoms with Crippen LogP contribution in [0, 0.1) is 5.82 Å². The molecule has 1 atom stereocenters. The largest absolute Gasteiger partial charge is 0.484 e. The molecule has 0 fully saturated rings. The van der Waals surface area contributed by atoms with Crippen LogP contribution < -0.4 is 15.4 Å². The predicted molar refractivity (Wildman–Crippen MR) is 108 cm³/mol. The van der Waals surface area contributed by atoms with E-state index in [9.17, 15) is 19.1 Å². The first kappa shape index (κ1) is 22.7. The maximum atomic E-state index is 13.3. The molecule has 3 N–H and O–H groups in total. The summed E-state index contributed by atoms with van der Waals surface area (Å²) < 4.78 is 18.5. The summed E-state index contributed by atoms with van der Waals surface area (Å²) in [6.07, 6.45) is -1.08. The van der Waals surface area contributed by atoms with E-state index < -0.39 is 23.7 Å². The Bertz CT molecular complexity index is 891. The first-order valence-electron chi connectivity index (χ1n) is 8.53. The molecule has 0 aliphatic carbocycles. The van der Waals surface area contributed by atoms with Gasteiger partial charge in [0.25, 0.3) is 11.8 Å². The van der Waals surface area contributed by atoms with Crippen molar-refractivity contribution in [2.45, 2.75) is 12.5 Å². The number of aliphatic hydroxyl groups is 1. The molecule has 0 aliphatic heterocycles. The smallest absolute Gasteiger partial charge is 0.262 e. The Morgan fingerprint density at radius 1 is 1.17 bits per heavy atom. The molecule has 2 rings (SSSR count). The van der Waals surface area contributed by atoms with Crippen LogP contribution in [0.4, 0.5) is 4.39 Å². The van der Waals surface area contributed by atoms with Gasteiger partial charge in [-0.15, -0.1) is 0 Å². The lowest BCUT2D eigenvalue weighted by atomic mass is 10.1. The zero-order valence-corrected chi connectivity index (χ0v) is 16.8. The molecule has 0 bridgehead atoms. The highest BCUT2D eigenvalue weighted by atomic mass is 35.5. The lowest BCUT2D eigenvalue weighted by molar-refractivity contribution is -0.129. The Balaban J connectivity index is 1.69. The van der Waals surface area contributed by atoms with Crippen LogP contribution in [-0.2, 0) is 9.59 Å². The van der Waals surface area contributed by atoms with E-state index in [0.29, 0.717) is 16.3 Å². The van der Waals surface area contributed by atoms with E-state index >= 15 is 0 Å². The first-order chi connectivity index (χ1) is 13.8. The van der Waals surface area contributed by atoms with Gasteiger partial charge in [-0.3, -0.25) is 9.59 Å². The van der Waals surface area contributed by atoms with Crippen LogP contribution in [0.3, 0.4) is 0 Å². The third kappa shape index (κ3) is 7.38. The highest BCUT2D eigenvalue weighted by Gasteiger charge is 2.16. The van der Waals surface area contributed by atoms with E-state index in [2.05, 4.69) is 17.2 Å². The Morgan fingerprint density at radius 2 is 1.86 bits per heavy atom. The third-order valence-electron chi connectivity index (χ3n) is 3.74. The normalized spacial score (nSPS) is 11.4. The standard InChI is InChI=1S/C20H19Cl2FN2O4/c1-12(25-18(26)11-29-15-6-7-16(22)17(23)10-15)8-9-24-20(28)19(27)13-2-4-14(21)5-3-13/h2-7,10,19,27H,1,8-9,11H2,(H,24,28)(H,25,26)/t19-/m0/s1. The molecule has 2 aromatic rings. The number of aliphatic hydroxyl groups excluding tert-OH is 1. The fourth-order valence-electron chi connectivity index (χ4n) is 2.24. The second kappa shape index (κ2) is 10.8. The average molecular weight is 441 g/mol. The molecule has 0 aromatic heterocycles. The number of carbonyl (C=O) groups excluding carboxylic acids is 2. The molecule has 6 nitrogen and oxygen atoms in total. The molecular formula is C20H19Cl2FN2O4. The molecule has 0 aliphatic rings. The van der Waals surface area contributed by atoms with Crippen molar-refractivity contribution in [3.05, 3.63) is 76.2 Å². The van der Waals surface area contributed by atoms with Crippen LogP contribution in [0.5, 0.6) is 5.75 Å². The molecule has 0 spiro atoms. The maximum absolute atomic E-state index is 13.3. The molecule has 29 heavy (non-hydrogen) atoms. The Hall–Kier alpha value is -2.61. The van der Waals surface area contributed by atoms with E-state index in [1.807, 2.05) is 0 Å². The van der Waals surface area contributed by atoms with Gasteiger partial charge in [0, 0.05) is 29.8 Å². The number of halogens is 3. The lowest BCUT2D eigenvalue weighted by Crippen LogP contribution is -2.33. The number of amides is 2. The second-order valence-electron chi connectivity index (χ2n) is 6.01. The van der Waals surface area contributed by atoms with Crippen molar-refractivity contribution < 1.29 is 23.8 Å². The van der Waals surface area contributed by atoms with Crippen LogP contribution in [-0.4, -0.2) is 30.1 Å². The topological polar surface area (TPSA) is 87.7 Å². The third-order valence-corrected chi connectivity index (χ3v) is 4.30. The first-order valence-corrected chi connectivity index (χ1v) is 9.28. The number of rotatable bonds is 9. The van der Waals surface area contributed by atoms with Gasteiger partial charge < -0.3 is 20.5 Å². The predicted octanol–water partition coefficient (Wildman–Crippen LogP) is 3.38. The van der Waals surface area contributed by atoms with Gasteiger partial charge in [0.2, 0.25) is 0 Å². The van der Waals surface area contributed by atoms with Crippen molar-refractivity contribution in [3.63, 3.8) is 0 Å². The molecular weight excluding hydrogens is 422 g/mol. The summed E-state index contributed by atoms with van der Waals surface area (Å²) in [6, 6.07) is 10.1. The summed E-state index contributed by atoms with van der Waals surface area (Å²) >= 11 is 11.3. The minimum atomic E-state index is -1.33. The number of benzene rings is 2. The summed E-state index contributed by atoms with van der Waals surface area (Å²) in [7, 11) is 0. The number of hydrogen-bond donors (Lipinski definition) is 3. The van der Waals surface area contributed by atoms with Crippen molar-refractivity contribution in [2.75, 3.05) is 13.2 Å². The Labute approximate surface area is 177 Å². The van der Waals surface area contributed by atoms with Crippen LogP contribution in [0.1, 0.15) is 18.1 Å². The number of hydrogen-bond acceptors (Lipinski definition) is 4. The van der Waals surface area contributed by atoms with E-state index in [0.717, 1.165) is 6.07 Å². The molecule has 2 amide bonds. The molecule has 0 saturated heterocycles. The van der Waals surface area contributed by atoms with Crippen molar-refractivity contribution in [2.24, 2.45) is 0 Å². The van der Waals surface area contributed by atoms with Gasteiger partial charge in [0.05, 0.1) is 5.02 Å². The zero-order chi connectivity index (χ0) is 21.4. The van der Waals surface area contributed by atoms with E-state index in [1.165, 1.54) is 12.1 Å². The van der Waals surface area contributed by atoms with Gasteiger partial charge in [0.15, 0.2) is 12.7 Å². The monoisotopic (exact) mass is 440 g/mol. The fraction of sp³-hybridized carbons (Fsp3) is 0.200. The van der Waals surface area contributed by atoms with Crippen molar-refractivity contribution in [1.82, 2.24) is 10.6 Å². The van der Waals surface area contributed by atoms with Gasteiger partial charge in [-0.2, -0.15) is 0 Å². The molecule has 9 heteroatoms. The van der Waals surface area contributed by atoms with Gasteiger partial charge in [-0.25, -0.2) is 4.39 Å². The maximum Gasteiger partial charge on any atom is 0.262 e. The molecule has 0 unspecified atom stereocenters. The summed E-state index contributed by atoms with van der Waals surface area (Å²) in [6.45, 7) is 3.50. The van der Waals surface area contributed by atoms with E-state index in [-0.39, 0.29) is 30.3 Å². The SMILES string of the molecule is C=C(CCNC(=O)[C@@H](O)c1ccc(Cl)cc1)NC(=O)COc1ccc(Cl)c(F)c1. The molecule has 0 radical (unpaired) electrons. The molecule has 2 aromatic carbocycles. The minimum Gasteiger partial charge on any atom is -0.484 e. The molecule has 0 heterocycles. The van der Waals surface area contributed by atoms with Crippen molar-refractivity contribution >= 4 is 35.0 Å². The van der Waals surface area contributed by atoms with Crippen molar-refractivity contribution in [3.8, 4) is 5.75 Å². The number of ether oxygens (including phenoxy) is 1. The number of carbonyl (C=O) groups is 2. The zero-order valence-electron chi connectivity index (χ0n) is 15.3. The highest BCUT2D eigenvalue weighted by Crippen LogP contribution is 2.20. The summed E-state index contributed by atoms with van der Waals surface area (Å²) in [5.74, 6) is -1.56. The van der Waals surface area contributed by atoms with Crippen LogP contribution in [0.2, 0.25) is 10.0 Å². The van der Waals surface area contributed by atoms with Gasteiger partial charge in [-0.05, 0) is 29.8 Å². The number of nitrogens with one attached hydrogen (secondary N) is 2. The fourth-order valence-corrected chi connectivity index (χ4v) is 2.48. The Kier molecular flexibility index (Phi) is 8.45. The Morgan fingerprint density at radius 3 is 2.52 bits per heavy atom. The van der Waals surface area contributed by atoms with Crippen LogP contribution >= 0.6 is 23.2 Å².